The van der Waals surface area contributed by atoms with Crippen LogP contribution in [0.5, 0.6) is 0 Å². The molecular formula is C19H21BrFN3O. The van der Waals surface area contributed by atoms with Crippen molar-refractivity contribution in [3.05, 3.63) is 69.0 Å². The van der Waals surface area contributed by atoms with Crippen molar-refractivity contribution in [2.75, 3.05) is 0 Å². The molecule has 0 amide bonds. The normalized spacial score (nSPS) is 11.3. The first-order valence-electron chi connectivity index (χ1n) is 8.22. The Labute approximate surface area is 155 Å². The number of aliphatic hydroxyl groups is 1. The van der Waals surface area contributed by atoms with E-state index in [1.165, 1.54) is 12.1 Å². The van der Waals surface area contributed by atoms with Gasteiger partial charge in [0.25, 0.3) is 0 Å². The second-order valence-electron chi connectivity index (χ2n) is 6.17. The van der Waals surface area contributed by atoms with Crippen LogP contribution in [0.3, 0.4) is 0 Å². The number of aromatic nitrogens is 3. The van der Waals surface area contributed by atoms with E-state index >= 15 is 0 Å². The minimum absolute atomic E-state index is 0.209. The Morgan fingerprint density at radius 2 is 2.04 bits per heavy atom. The van der Waals surface area contributed by atoms with Crippen LogP contribution >= 0.6 is 15.9 Å². The Kier molecular flexibility index (Phi) is 5.11. The number of aryl methyl sites for hydroxylation is 3. The molecule has 0 saturated heterocycles. The average molecular weight is 406 g/mol. The Morgan fingerprint density at radius 1 is 1.28 bits per heavy atom. The van der Waals surface area contributed by atoms with E-state index in [0.717, 1.165) is 39.2 Å². The van der Waals surface area contributed by atoms with Crippen LogP contribution in [-0.2, 0) is 26.5 Å². The van der Waals surface area contributed by atoms with Gasteiger partial charge in [-0.3, -0.25) is 4.68 Å². The largest absolute Gasteiger partial charge is 0.392 e. The van der Waals surface area contributed by atoms with Gasteiger partial charge in [0.1, 0.15) is 5.82 Å². The Balaban J connectivity index is 2.07. The fraction of sp³-hybridized carbons (Fsp3) is 0.316. The first-order chi connectivity index (χ1) is 11.9. The maximum atomic E-state index is 13.5. The van der Waals surface area contributed by atoms with Gasteiger partial charge in [0.2, 0.25) is 0 Å². The Bertz CT molecular complexity index is 914. The highest BCUT2D eigenvalue weighted by molar-refractivity contribution is 9.10. The molecule has 0 atom stereocenters. The van der Waals surface area contributed by atoms with E-state index in [0.29, 0.717) is 12.0 Å². The summed E-state index contributed by atoms with van der Waals surface area (Å²) in [6.45, 7) is 3.90. The number of aliphatic hydroxyl groups excluding tert-OH is 1. The molecule has 2 aromatic heterocycles. The van der Waals surface area contributed by atoms with Crippen molar-refractivity contribution in [3.63, 3.8) is 0 Å². The van der Waals surface area contributed by atoms with Gasteiger partial charge in [-0.1, -0.05) is 6.92 Å². The summed E-state index contributed by atoms with van der Waals surface area (Å²) in [7, 11) is 1.94. The van der Waals surface area contributed by atoms with Gasteiger partial charge >= 0.3 is 0 Å². The first-order valence-corrected chi connectivity index (χ1v) is 9.01. The van der Waals surface area contributed by atoms with E-state index in [4.69, 9.17) is 0 Å². The lowest BCUT2D eigenvalue weighted by molar-refractivity contribution is 0.281. The molecule has 6 heteroatoms. The molecule has 132 valence electrons. The molecule has 2 heterocycles. The summed E-state index contributed by atoms with van der Waals surface area (Å²) in [6, 6.07) is 6.61. The van der Waals surface area contributed by atoms with Gasteiger partial charge in [-0.25, -0.2) is 4.39 Å². The fourth-order valence-corrected chi connectivity index (χ4v) is 3.87. The molecule has 0 unspecified atom stereocenters. The predicted octanol–water partition coefficient (Wildman–Crippen LogP) is 4.07. The van der Waals surface area contributed by atoms with Crippen LogP contribution in [0.4, 0.5) is 4.39 Å². The quantitative estimate of drug-likeness (QED) is 0.695. The van der Waals surface area contributed by atoms with Crippen molar-refractivity contribution in [1.82, 2.24) is 14.3 Å². The highest BCUT2D eigenvalue weighted by Gasteiger charge is 2.17. The summed E-state index contributed by atoms with van der Waals surface area (Å²) < 4.78 is 18.5. The Hall–Kier alpha value is -1.92. The predicted molar refractivity (Wildman–Crippen MR) is 99.5 cm³/mol. The van der Waals surface area contributed by atoms with Gasteiger partial charge in [0.15, 0.2) is 0 Å². The van der Waals surface area contributed by atoms with E-state index in [-0.39, 0.29) is 12.4 Å². The second kappa shape index (κ2) is 7.14. The van der Waals surface area contributed by atoms with Crippen molar-refractivity contribution in [3.8, 4) is 5.69 Å². The third-order valence-electron chi connectivity index (χ3n) is 4.36. The van der Waals surface area contributed by atoms with Crippen LogP contribution in [0.2, 0.25) is 0 Å². The lowest BCUT2D eigenvalue weighted by Crippen LogP contribution is -2.07. The fourth-order valence-electron chi connectivity index (χ4n) is 3.12. The maximum absolute atomic E-state index is 13.5. The second-order valence-corrected chi connectivity index (χ2v) is 6.96. The zero-order chi connectivity index (χ0) is 18.1. The number of hydrogen-bond acceptors (Lipinski definition) is 2. The zero-order valence-electron chi connectivity index (χ0n) is 14.6. The molecule has 3 rings (SSSR count). The van der Waals surface area contributed by atoms with E-state index in [2.05, 4.69) is 34.0 Å². The van der Waals surface area contributed by atoms with Crippen molar-refractivity contribution >= 4 is 15.9 Å². The van der Waals surface area contributed by atoms with E-state index in [1.807, 2.05) is 29.4 Å². The molecule has 0 saturated carbocycles. The molecule has 0 aliphatic carbocycles. The zero-order valence-corrected chi connectivity index (χ0v) is 16.1. The van der Waals surface area contributed by atoms with Crippen molar-refractivity contribution in [2.24, 2.45) is 7.05 Å². The highest BCUT2D eigenvalue weighted by atomic mass is 79.9. The molecular weight excluding hydrogens is 385 g/mol. The van der Waals surface area contributed by atoms with Crippen molar-refractivity contribution < 1.29 is 9.50 Å². The van der Waals surface area contributed by atoms with Gasteiger partial charge in [-0.2, -0.15) is 5.10 Å². The van der Waals surface area contributed by atoms with Crippen LogP contribution in [0.1, 0.15) is 35.1 Å². The Morgan fingerprint density at radius 3 is 2.68 bits per heavy atom. The summed E-state index contributed by atoms with van der Waals surface area (Å²) in [4.78, 5) is 0. The highest BCUT2D eigenvalue weighted by Crippen LogP contribution is 2.27. The monoisotopic (exact) mass is 405 g/mol. The number of nitrogens with zero attached hydrogens (tertiary/aromatic N) is 3. The van der Waals surface area contributed by atoms with Gasteiger partial charge in [0.05, 0.1) is 28.2 Å². The summed E-state index contributed by atoms with van der Waals surface area (Å²) in [5.74, 6) is -0.347. The number of hydrogen-bond donors (Lipinski definition) is 1. The number of benzene rings is 1. The minimum Gasteiger partial charge on any atom is -0.392 e. The number of rotatable bonds is 5. The molecule has 3 aromatic rings. The average Bonchev–Trinajstić information content (AvgIpc) is 3.08. The van der Waals surface area contributed by atoms with Gasteiger partial charge < -0.3 is 9.67 Å². The molecule has 25 heavy (non-hydrogen) atoms. The third kappa shape index (κ3) is 3.41. The molecule has 0 aliphatic rings. The molecule has 0 fully saturated rings. The van der Waals surface area contributed by atoms with Crippen LogP contribution in [0.15, 0.2) is 34.9 Å². The van der Waals surface area contributed by atoms with E-state index in [9.17, 15) is 9.50 Å². The SMILES string of the molecule is CCc1nn(C)c(Cc2cc(C)cn2-c2ccc(F)cc2CO)c1Br. The molecule has 0 radical (unpaired) electrons. The molecule has 1 aromatic carbocycles. The lowest BCUT2D eigenvalue weighted by Gasteiger charge is -2.13. The number of halogens is 2. The van der Waals surface area contributed by atoms with Crippen molar-refractivity contribution in [2.45, 2.75) is 33.3 Å². The smallest absolute Gasteiger partial charge is 0.123 e. The summed E-state index contributed by atoms with van der Waals surface area (Å²) in [5.41, 5.74) is 5.65. The topological polar surface area (TPSA) is 43.0 Å². The summed E-state index contributed by atoms with van der Waals surface area (Å²) in [6.07, 6.45) is 3.55. The molecule has 0 spiro atoms. The van der Waals surface area contributed by atoms with Crippen LogP contribution in [0.25, 0.3) is 5.69 Å². The van der Waals surface area contributed by atoms with Crippen LogP contribution < -0.4 is 0 Å². The van der Waals surface area contributed by atoms with Crippen molar-refractivity contribution in [1.29, 1.82) is 0 Å². The minimum atomic E-state index is -0.347. The first kappa shape index (κ1) is 17.9. The lowest BCUT2D eigenvalue weighted by atomic mass is 10.1. The maximum Gasteiger partial charge on any atom is 0.123 e. The van der Waals surface area contributed by atoms with Crippen LogP contribution in [0, 0.1) is 12.7 Å². The van der Waals surface area contributed by atoms with Gasteiger partial charge in [-0.05, 0) is 59.1 Å². The molecule has 4 nitrogen and oxygen atoms in total. The van der Waals surface area contributed by atoms with Crippen LogP contribution in [-0.4, -0.2) is 19.5 Å². The molecule has 0 aliphatic heterocycles. The van der Waals surface area contributed by atoms with E-state index < -0.39 is 0 Å². The summed E-state index contributed by atoms with van der Waals surface area (Å²) in [5, 5.41) is 14.2. The summed E-state index contributed by atoms with van der Waals surface area (Å²) >= 11 is 3.66. The van der Waals surface area contributed by atoms with Gasteiger partial charge in [-0.15, -0.1) is 0 Å². The van der Waals surface area contributed by atoms with Gasteiger partial charge in [0, 0.05) is 30.9 Å². The third-order valence-corrected chi connectivity index (χ3v) is 5.27. The molecule has 0 bridgehead atoms. The van der Waals surface area contributed by atoms with E-state index in [1.54, 1.807) is 6.07 Å². The standard InChI is InChI=1S/C19H21BrFN3O/c1-4-16-19(20)18(23(3)22-16)9-15-7-12(2)10-24(15)17-6-5-14(21)8-13(17)11-25/h5-8,10,25H,4,9,11H2,1-3H3. The molecule has 1 N–H and O–H groups in total.